The average molecular weight is 410 g/mol. The molecule has 1 aliphatic rings. The zero-order valence-corrected chi connectivity index (χ0v) is 18.2. The fraction of sp³-hybridized carbons (Fsp3) is 0.0968. The van der Waals surface area contributed by atoms with Gasteiger partial charge in [-0.3, -0.25) is 0 Å². The van der Waals surface area contributed by atoms with Gasteiger partial charge in [0.05, 0.1) is 5.52 Å². The van der Waals surface area contributed by atoms with E-state index in [0.29, 0.717) is 0 Å². The molecule has 0 fully saturated rings. The van der Waals surface area contributed by atoms with Crippen molar-refractivity contribution in [3.63, 3.8) is 0 Å². The smallest absolute Gasteiger partial charge is 0.0544 e. The second-order valence-electron chi connectivity index (χ2n) is 9.49. The van der Waals surface area contributed by atoms with Crippen LogP contribution in [0.1, 0.15) is 25.0 Å². The second-order valence-corrected chi connectivity index (χ2v) is 9.49. The number of rotatable bonds is 1. The third-order valence-corrected chi connectivity index (χ3v) is 7.42. The van der Waals surface area contributed by atoms with Crippen molar-refractivity contribution < 1.29 is 0 Å². The molecule has 152 valence electrons. The number of hydrogen-bond donors (Lipinski definition) is 1. The molecule has 1 heterocycles. The SMILES string of the molecule is CC1(C)c2ccc(-c3cccc4c3[nH]c3ccccc34)cc2-c2c1ccc1ccccc21. The molecule has 0 amide bonds. The molecule has 0 radical (unpaired) electrons. The summed E-state index contributed by atoms with van der Waals surface area (Å²) >= 11 is 0. The summed E-state index contributed by atoms with van der Waals surface area (Å²) in [6.07, 6.45) is 0. The van der Waals surface area contributed by atoms with E-state index in [2.05, 4.69) is 116 Å². The predicted molar refractivity (Wildman–Crippen MR) is 136 cm³/mol. The number of nitrogens with one attached hydrogen (secondary N) is 1. The monoisotopic (exact) mass is 409 g/mol. The average Bonchev–Trinajstić information content (AvgIpc) is 3.32. The van der Waals surface area contributed by atoms with Gasteiger partial charge in [0, 0.05) is 27.3 Å². The number of aromatic amines is 1. The Hall–Kier alpha value is -3.84. The number of hydrogen-bond acceptors (Lipinski definition) is 0. The Labute approximate surface area is 187 Å². The number of fused-ring (bicyclic) bond motifs is 8. The molecule has 1 N–H and O–H groups in total. The molecule has 0 spiro atoms. The highest BCUT2D eigenvalue weighted by atomic mass is 14.7. The van der Waals surface area contributed by atoms with E-state index in [-0.39, 0.29) is 5.41 Å². The highest BCUT2D eigenvalue weighted by Crippen LogP contribution is 2.52. The van der Waals surface area contributed by atoms with Crippen LogP contribution in [0.25, 0.3) is 54.8 Å². The van der Waals surface area contributed by atoms with E-state index in [1.165, 1.54) is 66.0 Å². The van der Waals surface area contributed by atoms with Crippen LogP contribution < -0.4 is 0 Å². The molecule has 0 atom stereocenters. The van der Waals surface area contributed by atoms with Gasteiger partial charge in [-0.25, -0.2) is 0 Å². The minimum atomic E-state index is 0.000347. The molecule has 0 saturated carbocycles. The van der Waals surface area contributed by atoms with Gasteiger partial charge < -0.3 is 4.98 Å². The van der Waals surface area contributed by atoms with E-state index in [1.807, 2.05) is 0 Å². The van der Waals surface area contributed by atoms with Crippen molar-refractivity contribution >= 4 is 32.6 Å². The van der Waals surface area contributed by atoms with Crippen molar-refractivity contribution in [2.24, 2.45) is 0 Å². The lowest BCUT2D eigenvalue weighted by Gasteiger charge is -2.21. The highest BCUT2D eigenvalue weighted by molar-refractivity contribution is 6.12. The molecule has 1 aromatic heterocycles. The van der Waals surface area contributed by atoms with Gasteiger partial charge in [-0.05, 0) is 50.7 Å². The minimum absolute atomic E-state index is 0.000347. The molecule has 1 heteroatoms. The van der Waals surface area contributed by atoms with Gasteiger partial charge >= 0.3 is 0 Å². The number of H-pyrrole nitrogens is 1. The van der Waals surface area contributed by atoms with Gasteiger partial charge in [0.25, 0.3) is 0 Å². The Bertz CT molecular complexity index is 1700. The third-order valence-electron chi connectivity index (χ3n) is 7.42. The molecular weight excluding hydrogens is 386 g/mol. The normalized spacial score (nSPS) is 14.2. The maximum absolute atomic E-state index is 3.68. The Morgan fingerprint density at radius 1 is 0.594 bits per heavy atom. The Kier molecular flexibility index (Phi) is 3.40. The molecule has 6 aromatic rings. The lowest BCUT2D eigenvalue weighted by molar-refractivity contribution is 0.661. The maximum atomic E-state index is 3.68. The van der Waals surface area contributed by atoms with Crippen molar-refractivity contribution in [3.8, 4) is 22.3 Å². The van der Waals surface area contributed by atoms with Crippen molar-refractivity contribution in [3.05, 3.63) is 108 Å². The summed E-state index contributed by atoms with van der Waals surface area (Å²) in [5.41, 5.74) is 10.5. The summed E-state index contributed by atoms with van der Waals surface area (Å²) < 4.78 is 0. The lowest BCUT2D eigenvalue weighted by atomic mass is 9.82. The fourth-order valence-electron chi connectivity index (χ4n) is 5.80. The molecule has 32 heavy (non-hydrogen) atoms. The van der Waals surface area contributed by atoms with E-state index in [4.69, 9.17) is 0 Å². The van der Waals surface area contributed by atoms with Gasteiger partial charge in [0.15, 0.2) is 0 Å². The number of para-hydroxylation sites is 2. The van der Waals surface area contributed by atoms with Crippen LogP contribution in [0.5, 0.6) is 0 Å². The summed E-state index contributed by atoms with van der Waals surface area (Å²) in [5, 5.41) is 5.21. The lowest BCUT2D eigenvalue weighted by Crippen LogP contribution is -2.14. The molecule has 1 aliphatic carbocycles. The molecule has 1 nitrogen and oxygen atoms in total. The van der Waals surface area contributed by atoms with Crippen molar-refractivity contribution in [2.75, 3.05) is 0 Å². The maximum Gasteiger partial charge on any atom is 0.0544 e. The topological polar surface area (TPSA) is 15.8 Å². The highest BCUT2D eigenvalue weighted by Gasteiger charge is 2.36. The molecule has 7 rings (SSSR count). The van der Waals surface area contributed by atoms with Gasteiger partial charge in [0.1, 0.15) is 0 Å². The molecular formula is C31H23N. The Balaban J connectivity index is 1.53. The Morgan fingerprint density at radius 2 is 1.34 bits per heavy atom. The first-order valence-electron chi connectivity index (χ1n) is 11.3. The van der Waals surface area contributed by atoms with E-state index >= 15 is 0 Å². The molecule has 0 saturated heterocycles. The van der Waals surface area contributed by atoms with E-state index in [1.54, 1.807) is 0 Å². The van der Waals surface area contributed by atoms with Gasteiger partial charge in [-0.1, -0.05) is 98.8 Å². The summed E-state index contributed by atoms with van der Waals surface area (Å²) in [6, 6.07) is 35.6. The van der Waals surface area contributed by atoms with Gasteiger partial charge in [-0.2, -0.15) is 0 Å². The quantitative estimate of drug-likeness (QED) is 0.280. The zero-order valence-electron chi connectivity index (χ0n) is 18.2. The summed E-state index contributed by atoms with van der Waals surface area (Å²) in [7, 11) is 0. The zero-order chi connectivity index (χ0) is 21.4. The first-order chi connectivity index (χ1) is 15.6. The first-order valence-corrected chi connectivity index (χ1v) is 11.3. The van der Waals surface area contributed by atoms with Crippen molar-refractivity contribution in [2.45, 2.75) is 19.3 Å². The van der Waals surface area contributed by atoms with Crippen molar-refractivity contribution in [1.82, 2.24) is 4.98 Å². The second kappa shape index (κ2) is 6.11. The summed E-state index contributed by atoms with van der Waals surface area (Å²) in [6.45, 7) is 4.70. The first kappa shape index (κ1) is 17.8. The number of aromatic nitrogens is 1. The van der Waals surface area contributed by atoms with Crippen LogP contribution in [-0.4, -0.2) is 4.98 Å². The molecule has 0 bridgehead atoms. The summed E-state index contributed by atoms with van der Waals surface area (Å²) in [4.78, 5) is 3.68. The Morgan fingerprint density at radius 3 is 2.25 bits per heavy atom. The van der Waals surface area contributed by atoms with Crippen LogP contribution in [0, 0.1) is 0 Å². The number of benzene rings is 5. The van der Waals surface area contributed by atoms with Crippen LogP contribution in [0.3, 0.4) is 0 Å². The molecule has 0 aliphatic heterocycles. The van der Waals surface area contributed by atoms with Crippen LogP contribution in [-0.2, 0) is 5.41 Å². The minimum Gasteiger partial charge on any atom is -0.354 e. The standard InChI is InChI=1S/C31H23N/c1-31(2)26-16-15-20(18-25(26)29-21-9-4-3-8-19(21)14-17-27(29)31)22-11-7-12-24-23-10-5-6-13-28(23)32-30(22)24/h3-18,32H,1-2H3. The van der Waals surface area contributed by atoms with E-state index in [9.17, 15) is 0 Å². The van der Waals surface area contributed by atoms with E-state index < -0.39 is 0 Å². The van der Waals surface area contributed by atoms with E-state index in [0.717, 1.165) is 0 Å². The largest absolute Gasteiger partial charge is 0.354 e. The molecule has 0 unspecified atom stereocenters. The van der Waals surface area contributed by atoms with Crippen molar-refractivity contribution in [1.29, 1.82) is 0 Å². The van der Waals surface area contributed by atoms with Crippen LogP contribution >= 0.6 is 0 Å². The van der Waals surface area contributed by atoms with Crippen LogP contribution in [0.15, 0.2) is 97.1 Å². The van der Waals surface area contributed by atoms with Crippen LogP contribution in [0.2, 0.25) is 0 Å². The summed E-state index contributed by atoms with van der Waals surface area (Å²) in [5.74, 6) is 0. The fourth-order valence-corrected chi connectivity index (χ4v) is 5.80. The van der Waals surface area contributed by atoms with Gasteiger partial charge in [0.2, 0.25) is 0 Å². The molecule has 5 aromatic carbocycles. The van der Waals surface area contributed by atoms with Crippen LogP contribution in [0.4, 0.5) is 0 Å². The van der Waals surface area contributed by atoms with Gasteiger partial charge in [-0.15, -0.1) is 0 Å². The third kappa shape index (κ3) is 2.23. The predicted octanol–water partition coefficient (Wildman–Crippen LogP) is 8.45.